The van der Waals surface area contributed by atoms with Crippen LogP contribution in [0.5, 0.6) is 0 Å². The first-order valence-electron chi connectivity index (χ1n) is 6.16. The van der Waals surface area contributed by atoms with E-state index < -0.39 is 11.0 Å². The van der Waals surface area contributed by atoms with Gasteiger partial charge in [0.15, 0.2) is 0 Å². The highest BCUT2D eigenvalue weighted by Gasteiger charge is 2.17. The molecule has 0 aromatic heterocycles. The molecule has 1 aromatic rings. The molecule has 1 atom stereocenters. The van der Waals surface area contributed by atoms with Crippen LogP contribution in [0.2, 0.25) is 0 Å². The van der Waals surface area contributed by atoms with Gasteiger partial charge in [-0.05, 0) is 19.9 Å². The lowest BCUT2D eigenvalue weighted by Crippen LogP contribution is -2.38. The highest BCUT2D eigenvalue weighted by atomic mass is 16.6. The lowest BCUT2D eigenvalue weighted by Gasteiger charge is -2.21. The van der Waals surface area contributed by atoms with Gasteiger partial charge in [-0.2, -0.15) is 0 Å². The van der Waals surface area contributed by atoms with Crippen molar-refractivity contribution in [2.24, 2.45) is 5.84 Å². The molecule has 0 aliphatic heterocycles. The topological polar surface area (TPSA) is 114 Å². The molecule has 110 valence electrons. The van der Waals surface area contributed by atoms with Crippen LogP contribution in [0.3, 0.4) is 0 Å². The molecule has 1 rings (SSSR count). The normalized spacial score (nSPS) is 11.6. The van der Waals surface area contributed by atoms with Gasteiger partial charge in [-0.25, -0.2) is 0 Å². The van der Waals surface area contributed by atoms with Crippen molar-refractivity contribution in [3.63, 3.8) is 0 Å². The molecule has 0 saturated carbocycles. The summed E-state index contributed by atoms with van der Waals surface area (Å²) in [4.78, 5) is 23.8. The van der Waals surface area contributed by atoms with Crippen molar-refractivity contribution in [2.45, 2.75) is 19.9 Å². The van der Waals surface area contributed by atoms with Crippen LogP contribution in [-0.2, 0) is 4.79 Å². The zero-order chi connectivity index (χ0) is 15.3. The molecule has 0 radical (unpaired) electrons. The molecule has 1 amide bonds. The zero-order valence-corrected chi connectivity index (χ0v) is 11.7. The Hall–Kier alpha value is -2.35. The van der Waals surface area contributed by atoms with E-state index in [0.29, 0.717) is 17.9 Å². The van der Waals surface area contributed by atoms with Crippen molar-refractivity contribution in [1.82, 2.24) is 4.90 Å². The van der Waals surface area contributed by atoms with E-state index in [0.717, 1.165) is 0 Å². The van der Waals surface area contributed by atoms with Crippen molar-refractivity contribution in [2.75, 3.05) is 24.3 Å². The Balaban J connectivity index is 2.94. The zero-order valence-electron chi connectivity index (χ0n) is 11.7. The van der Waals surface area contributed by atoms with E-state index in [1.54, 1.807) is 24.9 Å². The first-order valence-corrected chi connectivity index (χ1v) is 6.16. The van der Waals surface area contributed by atoms with Crippen molar-refractivity contribution in [3.05, 3.63) is 28.3 Å². The lowest BCUT2D eigenvalue weighted by atomic mass is 10.2. The van der Waals surface area contributed by atoms with Crippen molar-refractivity contribution >= 4 is 23.0 Å². The molecule has 0 bridgehead atoms. The average Bonchev–Trinajstić information content (AvgIpc) is 2.44. The van der Waals surface area contributed by atoms with Gasteiger partial charge < -0.3 is 15.6 Å². The number of hydrogen-bond acceptors (Lipinski definition) is 6. The summed E-state index contributed by atoms with van der Waals surface area (Å²) in [6.07, 6.45) is 0. The number of anilines is 2. The van der Waals surface area contributed by atoms with Gasteiger partial charge >= 0.3 is 0 Å². The van der Waals surface area contributed by atoms with Gasteiger partial charge in [-0.1, -0.05) is 0 Å². The summed E-state index contributed by atoms with van der Waals surface area (Å²) in [5.41, 5.74) is 3.10. The highest BCUT2D eigenvalue weighted by molar-refractivity contribution is 5.84. The largest absolute Gasteiger partial charge is 0.374 e. The van der Waals surface area contributed by atoms with Crippen LogP contribution in [0.1, 0.15) is 13.8 Å². The number of rotatable bonds is 6. The number of amides is 1. The van der Waals surface area contributed by atoms with E-state index in [-0.39, 0.29) is 11.6 Å². The third kappa shape index (κ3) is 3.82. The van der Waals surface area contributed by atoms with Crippen LogP contribution >= 0.6 is 0 Å². The number of nitrogen functional groups attached to an aromatic ring is 1. The Morgan fingerprint density at radius 1 is 1.45 bits per heavy atom. The SMILES string of the molecule is CCN(C)C(=O)C(C)Nc1cc(NN)cc([N+](=O)[O-])c1. The van der Waals surface area contributed by atoms with E-state index in [2.05, 4.69) is 10.7 Å². The van der Waals surface area contributed by atoms with E-state index in [1.165, 1.54) is 12.1 Å². The number of nitrogens with two attached hydrogens (primary N) is 1. The van der Waals surface area contributed by atoms with Crippen molar-refractivity contribution < 1.29 is 9.72 Å². The number of benzene rings is 1. The fraction of sp³-hybridized carbons (Fsp3) is 0.417. The molecule has 0 spiro atoms. The van der Waals surface area contributed by atoms with E-state index in [9.17, 15) is 14.9 Å². The minimum Gasteiger partial charge on any atom is -0.374 e. The summed E-state index contributed by atoms with van der Waals surface area (Å²) < 4.78 is 0. The molecule has 0 saturated heterocycles. The van der Waals surface area contributed by atoms with Gasteiger partial charge in [0, 0.05) is 31.4 Å². The third-order valence-electron chi connectivity index (χ3n) is 2.90. The molecule has 0 fully saturated rings. The monoisotopic (exact) mass is 281 g/mol. The summed E-state index contributed by atoms with van der Waals surface area (Å²) in [6, 6.07) is 3.78. The predicted octanol–water partition coefficient (Wildman–Crippen LogP) is 1.16. The number of nitro groups is 1. The predicted molar refractivity (Wildman–Crippen MR) is 77.3 cm³/mol. The molecule has 1 aromatic carbocycles. The number of nitro benzene ring substituents is 1. The molecule has 0 aliphatic rings. The standard InChI is InChI=1S/C12H19N5O3/c1-4-16(3)12(18)8(2)14-9-5-10(15-13)7-11(6-9)17(19)20/h5-8,14-15H,4,13H2,1-3H3. The maximum absolute atomic E-state index is 11.9. The number of hydrogen-bond donors (Lipinski definition) is 3. The van der Waals surface area contributed by atoms with E-state index in [4.69, 9.17) is 5.84 Å². The second-order valence-electron chi connectivity index (χ2n) is 4.39. The number of nitrogens with zero attached hydrogens (tertiary/aromatic N) is 2. The number of nitrogens with one attached hydrogen (secondary N) is 2. The number of hydrazine groups is 1. The summed E-state index contributed by atoms with van der Waals surface area (Å²) in [5.74, 6) is 5.18. The summed E-state index contributed by atoms with van der Waals surface area (Å²) in [6.45, 7) is 4.16. The molecule has 0 aliphatic carbocycles. The van der Waals surface area contributed by atoms with Gasteiger partial charge in [0.25, 0.3) is 5.69 Å². The maximum Gasteiger partial charge on any atom is 0.273 e. The van der Waals surface area contributed by atoms with E-state index >= 15 is 0 Å². The number of non-ortho nitro benzene ring substituents is 1. The quantitative estimate of drug-likeness (QED) is 0.409. The fourth-order valence-electron chi connectivity index (χ4n) is 1.68. The molecular formula is C12H19N5O3. The van der Waals surface area contributed by atoms with Gasteiger partial charge in [-0.3, -0.25) is 20.8 Å². The highest BCUT2D eigenvalue weighted by Crippen LogP contribution is 2.24. The summed E-state index contributed by atoms with van der Waals surface area (Å²) in [5, 5.41) is 13.8. The van der Waals surface area contributed by atoms with Gasteiger partial charge in [-0.15, -0.1) is 0 Å². The first-order chi connectivity index (χ1) is 9.38. The summed E-state index contributed by atoms with van der Waals surface area (Å²) >= 11 is 0. The molecule has 1 unspecified atom stereocenters. The van der Waals surface area contributed by atoms with Gasteiger partial charge in [0.2, 0.25) is 5.91 Å². The van der Waals surface area contributed by atoms with Crippen LogP contribution < -0.4 is 16.6 Å². The summed E-state index contributed by atoms with van der Waals surface area (Å²) in [7, 11) is 1.70. The molecule has 8 nitrogen and oxygen atoms in total. The molecule has 20 heavy (non-hydrogen) atoms. The van der Waals surface area contributed by atoms with E-state index in [1.807, 2.05) is 6.92 Å². The smallest absolute Gasteiger partial charge is 0.273 e. The Morgan fingerprint density at radius 2 is 2.05 bits per heavy atom. The number of carbonyl (C=O) groups excluding carboxylic acids is 1. The molecular weight excluding hydrogens is 262 g/mol. The van der Waals surface area contributed by atoms with Gasteiger partial charge in [0.1, 0.15) is 6.04 Å². The van der Waals surface area contributed by atoms with Crippen molar-refractivity contribution in [3.8, 4) is 0 Å². The lowest BCUT2D eigenvalue weighted by molar-refractivity contribution is -0.384. The number of likely N-dealkylation sites (N-methyl/N-ethyl adjacent to an activating group) is 1. The van der Waals surface area contributed by atoms with Gasteiger partial charge in [0.05, 0.1) is 10.6 Å². The Kier molecular flexibility index (Phi) is 5.27. The minimum atomic E-state index is -0.517. The van der Waals surface area contributed by atoms with Crippen LogP contribution in [0.25, 0.3) is 0 Å². The Morgan fingerprint density at radius 3 is 2.55 bits per heavy atom. The first kappa shape index (κ1) is 15.7. The number of carbonyl (C=O) groups is 1. The maximum atomic E-state index is 11.9. The van der Waals surface area contributed by atoms with Crippen LogP contribution in [0.4, 0.5) is 17.1 Å². The molecule has 8 heteroatoms. The van der Waals surface area contributed by atoms with Crippen LogP contribution in [0.15, 0.2) is 18.2 Å². The molecule has 4 N–H and O–H groups in total. The second kappa shape index (κ2) is 6.71. The second-order valence-corrected chi connectivity index (χ2v) is 4.39. The Bertz CT molecular complexity index is 506. The molecule has 0 heterocycles. The van der Waals surface area contributed by atoms with Crippen LogP contribution in [0, 0.1) is 10.1 Å². The minimum absolute atomic E-state index is 0.0961. The Labute approximate surface area is 117 Å². The van der Waals surface area contributed by atoms with Crippen molar-refractivity contribution in [1.29, 1.82) is 0 Å². The average molecular weight is 281 g/mol. The van der Waals surface area contributed by atoms with Crippen LogP contribution in [-0.4, -0.2) is 35.4 Å². The third-order valence-corrected chi connectivity index (χ3v) is 2.90. The fourth-order valence-corrected chi connectivity index (χ4v) is 1.68.